The van der Waals surface area contributed by atoms with E-state index in [1.54, 1.807) is 20.8 Å². The van der Waals surface area contributed by atoms with E-state index in [4.69, 9.17) is 0 Å². The van der Waals surface area contributed by atoms with E-state index in [0.717, 1.165) is 23.5 Å². The second-order valence-electron chi connectivity index (χ2n) is 5.79. The van der Waals surface area contributed by atoms with E-state index < -0.39 is 24.5 Å². The van der Waals surface area contributed by atoms with Gasteiger partial charge in [-0.05, 0) is 31.9 Å². The first kappa shape index (κ1) is 20.1. The number of aromatic nitrogens is 1. The van der Waals surface area contributed by atoms with Crippen LogP contribution in [-0.4, -0.2) is 14.8 Å². The maximum absolute atomic E-state index is 12.7. The van der Waals surface area contributed by atoms with Gasteiger partial charge in [0, 0.05) is 10.4 Å². The third-order valence-electron chi connectivity index (χ3n) is 4.41. The van der Waals surface area contributed by atoms with Crippen molar-refractivity contribution in [1.29, 1.82) is 0 Å². The monoisotopic (exact) mass is 393 g/mol. The molecule has 0 saturated carbocycles. The van der Waals surface area contributed by atoms with Gasteiger partial charge in [0.2, 0.25) is 0 Å². The number of rotatable bonds is 5. The Labute approximate surface area is 147 Å². The maximum atomic E-state index is 12.7. The van der Waals surface area contributed by atoms with E-state index in [1.165, 1.54) is 12.1 Å². The van der Waals surface area contributed by atoms with Crippen LogP contribution >= 0.6 is 18.9 Å². The summed E-state index contributed by atoms with van der Waals surface area (Å²) >= 11 is 1.12. The molecule has 2 rings (SSSR count). The summed E-state index contributed by atoms with van der Waals surface area (Å²) in [6, 6.07) is 4.59. The van der Waals surface area contributed by atoms with Gasteiger partial charge in [-0.15, -0.1) is 11.3 Å². The average Bonchev–Trinajstić information content (AvgIpc) is 2.89. The van der Waals surface area contributed by atoms with Crippen LogP contribution in [0.1, 0.15) is 42.8 Å². The lowest BCUT2D eigenvalue weighted by molar-refractivity contribution is -0.137. The second-order valence-corrected chi connectivity index (χ2v) is 8.73. The van der Waals surface area contributed by atoms with Crippen LogP contribution < -0.4 is 0 Å². The Balaban J connectivity index is 2.52. The topological polar surface area (TPSA) is 70.4 Å². The fraction of sp³-hybridized carbons (Fsp3) is 0.438. The summed E-state index contributed by atoms with van der Waals surface area (Å²) in [6.45, 7) is 5.08. The van der Waals surface area contributed by atoms with Crippen molar-refractivity contribution >= 4 is 18.9 Å². The molecule has 0 amide bonds. The van der Waals surface area contributed by atoms with Gasteiger partial charge in [-0.2, -0.15) is 13.2 Å². The molecule has 2 aromatic rings. The van der Waals surface area contributed by atoms with Crippen LogP contribution in [0.25, 0.3) is 10.6 Å². The van der Waals surface area contributed by atoms with Crippen molar-refractivity contribution in [3.05, 3.63) is 40.4 Å². The molecule has 0 atom stereocenters. The van der Waals surface area contributed by atoms with Gasteiger partial charge in [0.1, 0.15) is 10.2 Å². The molecule has 0 aliphatic carbocycles. The van der Waals surface area contributed by atoms with Gasteiger partial charge >= 0.3 is 13.8 Å². The molecule has 0 radical (unpaired) electrons. The Bertz CT molecular complexity index is 792. The molecule has 1 aromatic carbocycles. The van der Waals surface area contributed by atoms with Gasteiger partial charge in [0.15, 0.2) is 0 Å². The van der Waals surface area contributed by atoms with E-state index in [1.807, 2.05) is 0 Å². The molecule has 0 aliphatic heterocycles. The van der Waals surface area contributed by atoms with E-state index in [0.29, 0.717) is 21.1 Å². The third-order valence-corrected chi connectivity index (χ3v) is 7.94. The average molecular weight is 393 g/mol. The predicted octanol–water partition coefficient (Wildman–Crippen LogP) is 5.33. The molecule has 25 heavy (non-hydrogen) atoms. The fourth-order valence-electron chi connectivity index (χ4n) is 2.87. The van der Waals surface area contributed by atoms with Crippen LogP contribution in [0.4, 0.5) is 13.2 Å². The minimum Gasteiger partial charge on any atom is -0.324 e. The maximum Gasteiger partial charge on any atom is 0.416 e. The van der Waals surface area contributed by atoms with E-state index in [2.05, 4.69) is 4.98 Å². The molecule has 0 aliphatic rings. The largest absolute Gasteiger partial charge is 0.416 e. The lowest BCUT2D eigenvalue weighted by Gasteiger charge is -2.31. The minimum atomic E-state index is -4.44. The predicted molar refractivity (Wildman–Crippen MR) is 91.6 cm³/mol. The first-order chi connectivity index (χ1) is 11.5. The Kier molecular flexibility index (Phi) is 5.50. The van der Waals surface area contributed by atoms with Crippen LogP contribution in [0.15, 0.2) is 24.3 Å². The quantitative estimate of drug-likeness (QED) is 0.674. The van der Waals surface area contributed by atoms with E-state index >= 15 is 0 Å². The normalized spacial score (nSPS) is 13.3. The van der Waals surface area contributed by atoms with Gasteiger partial charge in [0.05, 0.1) is 11.3 Å². The third kappa shape index (κ3) is 3.67. The molecule has 0 fully saturated rings. The zero-order chi connectivity index (χ0) is 19.0. The summed E-state index contributed by atoms with van der Waals surface area (Å²) < 4.78 is 50.1. The molecular formula is C16H19F3NO3PS. The smallest absolute Gasteiger partial charge is 0.324 e. The number of alkyl halides is 3. The first-order valence-electron chi connectivity index (χ1n) is 7.67. The minimum absolute atomic E-state index is 0.239. The summed E-state index contributed by atoms with van der Waals surface area (Å²) in [5, 5.41) is -0.875. The lowest BCUT2D eigenvalue weighted by Crippen LogP contribution is -2.24. The number of halogens is 3. The van der Waals surface area contributed by atoms with Crippen LogP contribution in [0.5, 0.6) is 0 Å². The molecule has 0 unspecified atom stereocenters. The van der Waals surface area contributed by atoms with Crippen molar-refractivity contribution in [2.24, 2.45) is 0 Å². The number of hydrogen-bond acceptors (Lipinski definition) is 3. The summed E-state index contributed by atoms with van der Waals surface area (Å²) in [5.41, 5.74) is 0.225. The molecule has 138 valence electrons. The van der Waals surface area contributed by atoms with Crippen molar-refractivity contribution in [2.45, 2.75) is 44.9 Å². The molecule has 2 N–H and O–H groups in total. The molecule has 0 spiro atoms. The highest BCUT2D eigenvalue weighted by atomic mass is 32.1. The summed E-state index contributed by atoms with van der Waals surface area (Å²) in [4.78, 5) is 24.6. The second kappa shape index (κ2) is 6.83. The number of thiazole rings is 1. The molecule has 1 heterocycles. The fourth-order valence-corrected chi connectivity index (χ4v) is 5.91. The van der Waals surface area contributed by atoms with Gasteiger partial charge in [0.25, 0.3) is 0 Å². The molecular weight excluding hydrogens is 374 g/mol. The van der Waals surface area contributed by atoms with Crippen LogP contribution in [0, 0.1) is 6.92 Å². The number of nitrogens with zero attached hydrogens (tertiary/aromatic N) is 1. The molecule has 4 nitrogen and oxygen atoms in total. The van der Waals surface area contributed by atoms with E-state index in [9.17, 15) is 27.5 Å². The van der Waals surface area contributed by atoms with Crippen molar-refractivity contribution in [3.8, 4) is 10.6 Å². The number of benzene rings is 1. The van der Waals surface area contributed by atoms with Crippen LogP contribution in [0.2, 0.25) is 0 Å². The highest BCUT2D eigenvalue weighted by Gasteiger charge is 2.48. The summed E-state index contributed by atoms with van der Waals surface area (Å²) in [7, 11) is -4.44. The zero-order valence-electron chi connectivity index (χ0n) is 14.0. The standard InChI is InChI=1S/C16H19F3NO3PS/c1-4-15(5-2,24(21,22)23)13-10(3)20-14(25-13)11-6-8-12(9-7-11)16(17,18)19/h6-9H,4-5H2,1-3H3,(H2,21,22,23). The number of hydrogen-bond donors (Lipinski definition) is 2. The Morgan fingerprint density at radius 3 is 2.04 bits per heavy atom. The van der Waals surface area contributed by atoms with Gasteiger partial charge in [-0.25, -0.2) is 4.98 Å². The molecule has 1 aromatic heterocycles. The number of aryl methyl sites for hydroxylation is 1. The van der Waals surface area contributed by atoms with Crippen molar-refractivity contribution < 1.29 is 27.5 Å². The van der Waals surface area contributed by atoms with Gasteiger partial charge < -0.3 is 9.79 Å². The van der Waals surface area contributed by atoms with Crippen LogP contribution in [0.3, 0.4) is 0 Å². The van der Waals surface area contributed by atoms with Crippen molar-refractivity contribution in [3.63, 3.8) is 0 Å². The molecule has 0 bridgehead atoms. The highest BCUT2D eigenvalue weighted by Crippen LogP contribution is 2.62. The first-order valence-corrected chi connectivity index (χ1v) is 10.1. The summed E-state index contributed by atoms with van der Waals surface area (Å²) in [5.74, 6) is 0. The summed E-state index contributed by atoms with van der Waals surface area (Å²) in [6.07, 6.45) is -3.94. The van der Waals surface area contributed by atoms with Crippen molar-refractivity contribution in [2.75, 3.05) is 0 Å². The Hall–Kier alpha value is -1.21. The van der Waals surface area contributed by atoms with Gasteiger partial charge in [-0.1, -0.05) is 26.0 Å². The van der Waals surface area contributed by atoms with Crippen molar-refractivity contribution in [1.82, 2.24) is 4.98 Å². The Morgan fingerprint density at radius 1 is 1.12 bits per heavy atom. The SMILES string of the molecule is CCC(CC)(c1sc(-c2ccc(C(F)(F)F)cc2)nc1C)P(=O)(O)O. The van der Waals surface area contributed by atoms with Gasteiger partial charge in [-0.3, -0.25) is 4.57 Å². The molecule has 9 heteroatoms. The van der Waals surface area contributed by atoms with Crippen LogP contribution in [-0.2, 0) is 15.9 Å². The van der Waals surface area contributed by atoms with E-state index in [-0.39, 0.29) is 12.8 Å². The lowest BCUT2D eigenvalue weighted by atomic mass is 9.99. The zero-order valence-corrected chi connectivity index (χ0v) is 15.7. The highest BCUT2D eigenvalue weighted by molar-refractivity contribution is 7.53. The Morgan fingerprint density at radius 2 is 1.64 bits per heavy atom. The molecule has 0 saturated heterocycles.